The Kier molecular flexibility index (Phi) is 5.76. The molecule has 1 aromatic rings. The van der Waals surface area contributed by atoms with Crippen LogP contribution in [0.25, 0.3) is 0 Å². The summed E-state index contributed by atoms with van der Waals surface area (Å²) in [7, 11) is 0. The van der Waals surface area contributed by atoms with Gasteiger partial charge in [-0.1, -0.05) is 0 Å². The normalized spacial score (nSPS) is 11.3. The maximum atomic E-state index is 11.0. The number of rotatable bonds is 7. The predicted octanol–water partition coefficient (Wildman–Crippen LogP) is 1.71. The van der Waals surface area contributed by atoms with Crippen LogP contribution < -0.4 is 11.1 Å². The second-order valence-corrected chi connectivity index (χ2v) is 5.15. The summed E-state index contributed by atoms with van der Waals surface area (Å²) in [6.07, 6.45) is 1.59. The molecule has 1 amide bonds. The molecule has 1 heterocycles. The number of anilines is 1. The van der Waals surface area contributed by atoms with Gasteiger partial charge in [0.15, 0.2) is 0 Å². The number of nitrogens with one attached hydrogen (secondary N) is 1. The summed E-state index contributed by atoms with van der Waals surface area (Å²) in [6.45, 7) is 10.5. The standard InChI is InChI=1S/C14H24N4O/c1-10(2)18(11(3)4)8-7-16-12-5-6-17-13(9-12)14(15)19/h5-6,9-11H,7-8H2,1-4H3,(H2,15,19)(H,16,17). The summed E-state index contributed by atoms with van der Waals surface area (Å²) in [5, 5.41) is 3.29. The monoisotopic (exact) mass is 264 g/mol. The van der Waals surface area contributed by atoms with Crippen LogP contribution >= 0.6 is 0 Å². The molecule has 0 aromatic carbocycles. The van der Waals surface area contributed by atoms with E-state index in [2.05, 4.69) is 42.9 Å². The topological polar surface area (TPSA) is 71.2 Å². The third-order valence-electron chi connectivity index (χ3n) is 3.04. The highest BCUT2D eigenvalue weighted by Crippen LogP contribution is 2.08. The Morgan fingerprint density at radius 1 is 1.37 bits per heavy atom. The molecule has 0 saturated heterocycles. The van der Waals surface area contributed by atoms with Gasteiger partial charge < -0.3 is 11.1 Å². The number of primary amides is 1. The molecule has 1 aromatic heterocycles. The van der Waals surface area contributed by atoms with Crippen molar-refractivity contribution in [3.05, 3.63) is 24.0 Å². The number of nitrogens with two attached hydrogens (primary N) is 1. The van der Waals surface area contributed by atoms with E-state index >= 15 is 0 Å². The Labute approximate surface area is 115 Å². The van der Waals surface area contributed by atoms with Crippen LogP contribution in [0.5, 0.6) is 0 Å². The first kappa shape index (κ1) is 15.4. The van der Waals surface area contributed by atoms with Crippen LogP contribution in [0.4, 0.5) is 5.69 Å². The summed E-state index contributed by atoms with van der Waals surface area (Å²) >= 11 is 0. The molecule has 3 N–H and O–H groups in total. The van der Waals surface area contributed by atoms with Gasteiger partial charge in [0, 0.05) is 37.1 Å². The molecular weight excluding hydrogens is 240 g/mol. The van der Waals surface area contributed by atoms with Crippen molar-refractivity contribution in [2.24, 2.45) is 5.73 Å². The Balaban J connectivity index is 2.53. The Morgan fingerprint density at radius 2 is 2.00 bits per heavy atom. The largest absolute Gasteiger partial charge is 0.384 e. The SMILES string of the molecule is CC(C)N(CCNc1ccnc(C(N)=O)c1)C(C)C. The van der Waals surface area contributed by atoms with Crippen LogP contribution in [-0.4, -0.2) is 41.0 Å². The third kappa shape index (κ3) is 4.87. The molecule has 0 aliphatic rings. The fraction of sp³-hybridized carbons (Fsp3) is 0.571. The van der Waals surface area contributed by atoms with Gasteiger partial charge in [-0.15, -0.1) is 0 Å². The zero-order valence-electron chi connectivity index (χ0n) is 12.2. The highest BCUT2D eigenvalue weighted by atomic mass is 16.1. The number of carbonyl (C=O) groups is 1. The van der Waals surface area contributed by atoms with Crippen LogP contribution in [0.3, 0.4) is 0 Å². The van der Waals surface area contributed by atoms with Crippen LogP contribution in [-0.2, 0) is 0 Å². The Hall–Kier alpha value is -1.62. The number of hydrogen-bond acceptors (Lipinski definition) is 4. The minimum absolute atomic E-state index is 0.287. The smallest absolute Gasteiger partial charge is 0.267 e. The lowest BCUT2D eigenvalue weighted by Crippen LogP contribution is -2.40. The summed E-state index contributed by atoms with van der Waals surface area (Å²) < 4.78 is 0. The first-order valence-electron chi connectivity index (χ1n) is 6.67. The number of carbonyl (C=O) groups excluding carboxylic acids is 1. The molecule has 0 aliphatic heterocycles. The molecule has 5 heteroatoms. The highest BCUT2D eigenvalue weighted by Gasteiger charge is 2.12. The summed E-state index contributed by atoms with van der Waals surface area (Å²) in [5.74, 6) is -0.505. The van der Waals surface area contributed by atoms with Gasteiger partial charge in [-0.2, -0.15) is 0 Å². The molecule has 0 fully saturated rings. The van der Waals surface area contributed by atoms with Gasteiger partial charge in [-0.05, 0) is 39.8 Å². The molecule has 1 rings (SSSR count). The van der Waals surface area contributed by atoms with Gasteiger partial charge in [-0.25, -0.2) is 0 Å². The van der Waals surface area contributed by atoms with E-state index in [1.54, 1.807) is 12.3 Å². The molecule has 0 bridgehead atoms. The molecule has 0 saturated carbocycles. The van der Waals surface area contributed by atoms with Gasteiger partial charge in [-0.3, -0.25) is 14.7 Å². The van der Waals surface area contributed by atoms with Gasteiger partial charge >= 0.3 is 0 Å². The van der Waals surface area contributed by atoms with Crippen LogP contribution in [0.2, 0.25) is 0 Å². The molecule has 0 radical (unpaired) electrons. The molecule has 0 atom stereocenters. The minimum Gasteiger partial charge on any atom is -0.384 e. The predicted molar refractivity (Wildman–Crippen MR) is 78.2 cm³/mol. The summed E-state index contributed by atoms with van der Waals surface area (Å²) in [5.41, 5.74) is 6.36. The van der Waals surface area contributed by atoms with Crippen LogP contribution in [0.1, 0.15) is 38.2 Å². The van der Waals surface area contributed by atoms with E-state index < -0.39 is 5.91 Å². The lowest BCUT2D eigenvalue weighted by atomic mass is 10.2. The van der Waals surface area contributed by atoms with Crippen molar-refractivity contribution < 1.29 is 4.79 Å². The van der Waals surface area contributed by atoms with Gasteiger partial charge in [0.25, 0.3) is 5.91 Å². The molecule has 19 heavy (non-hydrogen) atoms. The van der Waals surface area contributed by atoms with E-state index in [0.717, 1.165) is 18.8 Å². The van der Waals surface area contributed by atoms with Crippen molar-refractivity contribution in [2.45, 2.75) is 39.8 Å². The lowest BCUT2D eigenvalue weighted by Gasteiger charge is -2.30. The van der Waals surface area contributed by atoms with Crippen LogP contribution in [0, 0.1) is 0 Å². The first-order chi connectivity index (χ1) is 8.91. The van der Waals surface area contributed by atoms with Gasteiger partial charge in [0.05, 0.1) is 0 Å². The number of pyridine rings is 1. The minimum atomic E-state index is -0.505. The Morgan fingerprint density at radius 3 is 2.53 bits per heavy atom. The van der Waals surface area contributed by atoms with Gasteiger partial charge in [0.2, 0.25) is 0 Å². The maximum Gasteiger partial charge on any atom is 0.267 e. The Bertz CT molecular complexity index is 410. The van der Waals surface area contributed by atoms with E-state index in [4.69, 9.17) is 5.73 Å². The average molecular weight is 264 g/mol. The number of aromatic nitrogens is 1. The zero-order chi connectivity index (χ0) is 14.4. The van der Waals surface area contributed by atoms with Crippen molar-refractivity contribution in [2.75, 3.05) is 18.4 Å². The van der Waals surface area contributed by atoms with Crippen molar-refractivity contribution in [3.8, 4) is 0 Å². The molecule has 0 spiro atoms. The van der Waals surface area contributed by atoms with E-state index in [9.17, 15) is 4.79 Å². The van der Waals surface area contributed by atoms with Crippen molar-refractivity contribution in [1.82, 2.24) is 9.88 Å². The number of nitrogens with zero attached hydrogens (tertiary/aromatic N) is 2. The third-order valence-corrected chi connectivity index (χ3v) is 3.04. The summed E-state index contributed by atoms with van der Waals surface area (Å²) in [6, 6.07) is 4.54. The first-order valence-corrected chi connectivity index (χ1v) is 6.67. The fourth-order valence-electron chi connectivity index (χ4n) is 2.12. The van der Waals surface area contributed by atoms with E-state index in [1.165, 1.54) is 0 Å². The summed E-state index contributed by atoms with van der Waals surface area (Å²) in [4.78, 5) is 17.4. The second kappa shape index (κ2) is 7.09. The van der Waals surface area contributed by atoms with Crippen molar-refractivity contribution >= 4 is 11.6 Å². The number of amides is 1. The van der Waals surface area contributed by atoms with E-state index in [0.29, 0.717) is 12.1 Å². The van der Waals surface area contributed by atoms with Crippen molar-refractivity contribution in [3.63, 3.8) is 0 Å². The second-order valence-electron chi connectivity index (χ2n) is 5.15. The molecule has 106 valence electrons. The molecular formula is C14H24N4O. The zero-order valence-corrected chi connectivity index (χ0v) is 12.2. The number of hydrogen-bond donors (Lipinski definition) is 2. The van der Waals surface area contributed by atoms with E-state index in [1.807, 2.05) is 6.07 Å². The maximum absolute atomic E-state index is 11.0. The molecule has 0 unspecified atom stereocenters. The van der Waals surface area contributed by atoms with Crippen LogP contribution in [0.15, 0.2) is 18.3 Å². The van der Waals surface area contributed by atoms with Gasteiger partial charge in [0.1, 0.15) is 5.69 Å². The van der Waals surface area contributed by atoms with Crippen molar-refractivity contribution in [1.29, 1.82) is 0 Å². The van der Waals surface area contributed by atoms with E-state index in [-0.39, 0.29) is 5.69 Å². The average Bonchev–Trinajstić information content (AvgIpc) is 2.34. The fourth-order valence-corrected chi connectivity index (χ4v) is 2.12. The quantitative estimate of drug-likeness (QED) is 0.786. The highest BCUT2D eigenvalue weighted by molar-refractivity contribution is 5.91. The lowest BCUT2D eigenvalue weighted by molar-refractivity contribution is 0.0995. The molecule has 5 nitrogen and oxygen atoms in total. The molecule has 0 aliphatic carbocycles.